The third-order valence-corrected chi connectivity index (χ3v) is 3.42. The largest absolute Gasteiger partial charge is 0.459 e. The highest BCUT2D eigenvalue weighted by molar-refractivity contribution is 5.62. The number of hydrogen-bond acceptors (Lipinski definition) is 3. The summed E-state index contributed by atoms with van der Waals surface area (Å²) < 4.78 is 11.2. The summed E-state index contributed by atoms with van der Waals surface area (Å²) in [6.45, 7) is 5.86. The van der Waals surface area contributed by atoms with E-state index in [-0.39, 0.29) is 6.04 Å². The van der Waals surface area contributed by atoms with Gasteiger partial charge in [-0.3, -0.25) is 0 Å². The minimum Gasteiger partial charge on any atom is -0.459 e. The van der Waals surface area contributed by atoms with Gasteiger partial charge in [-0.15, -0.1) is 0 Å². The molecular formula is C17H23NO2. The van der Waals surface area contributed by atoms with Crippen LogP contribution < -0.4 is 5.32 Å². The number of rotatable bonds is 7. The Morgan fingerprint density at radius 3 is 2.75 bits per heavy atom. The number of hydrogen-bond donors (Lipinski definition) is 1. The molecule has 2 aromatic rings. The molecular weight excluding hydrogens is 250 g/mol. The zero-order chi connectivity index (χ0) is 14.4. The second-order valence-corrected chi connectivity index (χ2v) is 4.88. The van der Waals surface area contributed by atoms with E-state index in [9.17, 15) is 0 Å². The Morgan fingerprint density at radius 2 is 2.00 bits per heavy atom. The van der Waals surface area contributed by atoms with Crippen LogP contribution in [0, 0.1) is 0 Å². The molecule has 1 heterocycles. The highest BCUT2D eigenvalue weighted by Crippen LogP contribution is 2.28. The SMILES string of the molecule is CCNC(C)c1ccc(-c2ccccc2CCOC)o1. The van der Waals surface area contributed by atoms with E-state index in [0.29, 0.717) is 0 Å². The van der Waals surface area contributed by atoms with Gasteiger partial charge < -0.3 is 14.5 Å². The Labute approximate surface area is 121 Å². The fraction of sp³-hybridized carbons (Fsp3) is 0.412. The Balaban J connectivity index is 2.23. The molecule has 0 radical (unpaired) electrons. The standard InChI is InChI=1S/C17H23NO2/c1-4-18-13(2)16-9-10-17(20-16)15-8-6-5-7-14(15)11-12-19-3/h5-10,13,18H,4,11-12H2,1-3H3. The van der Waals surface area contributed by atoms with E-state index >= 15 is 0 Å². The van der Waals surface area contributed by atoms with Gasteiger partial charge in [0.2, 0.25) is 0 Å². The molecule has 0 aliphatic rings. The molecule has 20 heavy (non-hydrogen) atoms. The molecule has 3 nitrogen and oxygen atoms in total. The van der Waals surface area contributed by atoms with Crippen LogP contribution in [0.2, 0.25) is 0 Å². The molecule has 0 saturated carbocycles. The van der Waals surface area contributed by atoms with Gasteiger partial charge in [-0.2, -0.15) is 0 Å². The van der Waals surface area contributed by atoms with E-state index in [0.717, 1.165) is 36.7 Å². The van der Waals surface area contributed by atoms with Crippen LogP contribution in [-0.2, 0) is 11.2 Å². The summed E-state index contributed by atoms with van der Waals surface area (Å²) in [7, 11) is 1.73. The van der Waals surface area contributed by atoms with Crippen molar-refractivity contribution < 1.29 is 9.15 Å². The lowest BCUT2D eigenvalue weighted by Gasteiger charge is -2.09. The summed E-state index contributed by atoms with van der Waals surface area (Å²) in [4.78, 5) is 0. The van der Waals surface area contributed by atoms with Crippen molar-refractivity contribution in [2.24, 2.45) is 0 Å². The van der Waals surface area contributed by atoms with Crippen LogP contribution in [0.5, 0.6) is 0 Å². The molecule has 0 saturated heterocycles. The van der Waals surface area contributed by atoms with Crippen LogP contribution in [0.4, 0.5) is 0 Å². The highest BCUT2D eigenvalue weighted by Gasteiger charge is 2.12. The van der Waals surface area contributed by atoms with Gasteiger partial charge in [0.1, 0.15) is 11.5 Å². The van der Waals surface area contributed by atoms with Gasteiger partial charge >= 0.3 is 0 Å². The third kappa shape index (κ3) is 3.50. The van der Waals surface area contributed by atoms with E-state index in [4.69, 9.17) is 9.15 Å². The molecule has 1 unspecified atom stereocenters. The van der Waals surface area contributed by atoms with Crippen molar-refractivity contribution >= 4 is 0 Å². The van der Waals surface area contributed by atoms with Gasteiger partial charge in [0.05, 0.1) is 12.6 Å². The average Bonchev–Trinajstić information content (AvgIpc) is 2.95. The highest BCUT2D eigenvalue weighted by atomic mass is 16.5. The Kier molecular flexibility index (Phi) is 5.39. The first kappa shape index (κ1) is 14.8. The van der Waals surface area contributed by atoms with Gasteiger partial charge in [0.15, 0.2) is 0 Å². The average molecular weight is 273 g/mol. The summed E-state index contributed by atoms with van der Waals surface area (Å²) in [5.74, 6) is 1.90. The van der Waals surface area contributed by atoms with Crippen molar-refractivity contribution in [1.29, 1.82) is 0 Å². The molecule has 1 aromatic carbocycles. The van der Waals surface area contributed by atoms with Gasteiger partial charge in [0.25, 0.3) is 0 Å². The summed E-state index contributed by atoms with van der Waals surface area (Å²) >= 11 is 0. The van der Waals surface area contributed by atoms with Crippen LogP contribution in [0.25, 0.3) is 11.3 Å². The Bertz CT molecular complexity index is 533. The molecule has 0 fully saturated rings. The zero-order valence-corrected chi connectivity index (χ0v) is 12.5. The lowest BCUT2D eigenvalue weighted by Crippen LogP contribution is -2.16. The van der Waals surface area contributed by atoms with Crippen molar-refractivity contribution in [2.45, 2.75) is 26.3 Å². The minimum atomic E-state index is 0.236. The predicted octanol–water partition coefficient (Wildman–Crippen LogP) is 3.81. The molecule has 0 spiro atoms. The first-order valence-corrected chi connectivity index (χ1v) is 7.16. The Hall–Kier alpha value is -1.58. The number of methoxy groups -OCH3 is 1. The van der Waals surface area contributed by atoms with Crippen LogP contribution in [-0.4, -0.2) is 20.3 Å². The van der Waals surface area contributed by atoms with Crippen molar-refractivity contribution in [3.63, 3.8) is 0 Å². The minimum absolute atomic E-state index is 0.236. The van der Waals surface area contributed by atoms with E-state index in [1.807, 2.05) is 6.07 Å². The van der Waals surface area contributed by atoms with E-state index in [2.05, 4.69) is 49.5 Å². The fourth-order valence-electron chi connectivity index (χ4n) is 2.33. The molecule has 108 valence electrons. The van der Waals surface area contributed by atoms with E-state index < -0.39 is 0 Å². The molecule has 1 aromatic heterocycles. The number of ether oxygens (including phenoxy) is 1. The van der Waals surface area contributed by atoms with Crippen molar-refractivity contribution in [1.82, 2.24) is 5.32 Å². The lowest BCUT2D eigenvalue weighted by atomic mass is 10.0. The van der Waals surface area contributed by atoms with Crippen LogP contribution in [0.1, 0.15) is 31.2 Å². The smallest absolute Gasteiger partial charge is 0.134 e. The van der Waals surface area contributed by atoms with Gasteiger partial charge in [-0.05, 0) is 37.6 Å². The normalized spacial score (nSPS) is 12.6. The van der Waals surface area contributed by atoms with E-state index in [1.54, 1.807) is 7.11 Å². The molecule has 0 aliphatic carbocycles. The summed E-state index contributed by atoms with van der Waals surface area (Å²) in [5, 5.41) is 3.36. The van der Waals surface area contributed by atoms with Crippen LogP contribution in [0.3, 0.4) is 0 Å². The quantitative estimate of drug-likeness (QED) is 0.833. The van der Waals surface area contributed by atoms with Crippen molar-refractivity contribution in [3.05, 3.63) is 47.7 Å². The number of benzene rings is 1. The molecule has 0 aliphatic heterocycles. The lowest BCUT2D eigenvalue weighted by molar-refractivity contribution is 0.202. The monoisotopic (exact) mass is 273 g/mol. The first-order valence-electron chi connectivity index (χ1n) is 7.16. The van der Waals surface area contributed by atoms with Gasteiger partial charge in [-0.1, -0.05) is 31.2 Å². The maximum atomic E-state index is 6.00. The topological polar surface area (TPSA) is 34.4 Å². The predicted molar refractivity (Wildman–Crippen MR) is 81.8 cm³/mol. The van der Waals surface area contributed by atoms with Crippen LogP contribution in [0.15, 0.2) is 40.8 Å². The maximum Gasteiger partial charge on any atom is 0.134 e. The van der Waals surface area contributed by atoms with Crippen molar-refractivity contribution in [3.8, 4) is 11.3 Å². The van der Waals surface area contributed by atoms with Gasteiger partial charge in [0, 0.05) is 12.7 Å². The van der Waals surface area contributed by atoms with Crippen LogP contribution >= 0.6 is 0 Å². The Morgan fingerprint density at radius 1 is 1.20 bits per heavy atom. The fourth-order valence-corrected chi connectivity index (χ4v) is 2.33. The summed E-state index contributed by atoms with van der Waals surface area (Å²) in [6, 6.07) is 12.7. The van der Waals surface area contributed by atoms with E-state index in [1.165, 1.54) is 5.56 Å². The third-order valence-electron chi connectivity index (χ3n) is 3.42. The number of nitrogens with one attached hydrogen (secondary N) is 1. The molecule has 2 rings (SSSR count). The van der Waals surface area contributed by atoms with Gasteiger partial charge in [-0.25, -0.2) is 0 Å². The summed E-state index contributed by atoms with van der Waals surface area (Å²) in [5.41, 5.74) is 2.41. The second kappa shape index (κ2) is 7.27. The molecule has 0 bridgehead atoms. The molecule has 1 atom stereocenters. The molecule has 3 heteroatoms. The summed E-state index contributed by atoms with van der Waals surface area (Å²) in [6.07, 6.45) is 0.894. The number of furan rings is 1. The molecule has 0 amide bonds. The molecule has 1 N–H and O–H groups in total. The maximum absolute atomic E-state index is 6.00. The van der Waals surface area contributed by atoms with Crippen molar-refractivity contribution in [2.75, 3.05) is 20.3 Å². The zero-order valence-electron chi connectivity index (χ0n) is 12.5. The first-order chi connectivity index (χ1) is 9.76. The second-order valence-electron chi connectivity index (χ2n) is 4.88.